The maximum Gasteiger partial charge on any atom is 0.227 e. The van der Waals surface area contributed by atoms with Crippen LogP contribution in [0, 0.1) is 0 Å². The fraction of sp³-hybridized carbons (Fsp3) is 0.0909. The number of ether oxygens (including phenoxy) is 1. The van der Waals surface area contributed by atoms with E-state index in [0.29, 0.717) is 12.5 Å². The highest BCUT2D eigenvalue weighted by atomic mass is 35.5. The molecule has 3 aromatic heterocycles. The summed E-state index contributed by atoms with van der Waals surface area (Å²) in [5, 5.41) is 2.98. The van der Waals surface area contributed by atoms with Gasteiger partial charge in [0.1, 0.15) is 17.2 Å². The van der Waals surface area contributed by atoms with Gasteiger partial charge in [-0.15, -0.1) is 11.3 Å². The van der Waals surface area contributed by atoms with E-state index in [4.69, 9.17) is 20.8 Å². The van der Waals surface area contributed by atoms with E-state index in [1.165, 1.54) is 11.3 Å². The zero-order chi connectivity index (χ0) is 11.7. The minimum atomic E-state index is 0.189. The van der Waals surface area contributed by atoms with Gasteiger partial charge in [-0.3, -0.25) is 0 Å². The van der Waals surface area contributed by atoms with Gasteiger partial charge in [0, 0.05) is 0 Å². The van der Waals surface area contributed by atoms with Crippen LogP contribution in [0.3, 0.4) is 0 Å². The molecule has 3 rings (SSSR count). The lowest BCUT2D eigenvalue weighted by molar-refractivity contribution is 0.264. The molecule has 0 unspecified atom stereocenters. The normalized spacial score (nSPS) is 10.9. The van der Waals surface area contributed by atoms with Crippen LogP contribution in [0.5, 0.6) is 5.88 Å². The van der Waals surface area contributed by atoms with E-state index in [1.54, 1.807) is 6.26 Å². The molecule has 0 aliphatic heterocycles. The van der Waals surface area contributed by atoms with Crippen LogP contribution in [-0.2, 0) is 6.61 Å². The Hall–Kier alpha value is -1.59. The van der Waals surface area contributed by atoms with Crippen LogP contribution in [0.4, 0.5) is 0 Å². The third-order valence-electron chi connectivity index (χ3n) is 2.19. The summed E-state index contributed by atoms with van der Waals surface area (Å²) in [6.07, 6.45) is 1.60. The molecule has 4 nitrogen and oxygen atoms in total. The predicted molar refractivity (Wildman–Crippen MR) is 65.5 cm³/mol. The molecular weight excluding hydrogens is 260 g/mol. The first-order valence-electron chi connectivity index (χ1n) is 4.89. The largest absolute Gasteiger partial charge is 0.469 e. The second kappa shape index (κ2) is 4.35. The summed E-state index contributed by atoms with van der Waals surface area (Å²) < 4.78 is 10.8. The fourth-order valence-electron chi connectivity index (χ4n) is 1.45. The van der Waals surface area contributed by atoms with Gasteiger partial charge in [-0.2, -0.15) is 4.98 Å². The second-order valence-electron chi connectivity index (χ2n) is 3.31. The van der Waals surface area contributed by atoms with E-state index >= 15 is 0 Å². The van der Waals surface area contributed by atoms with Gasteiger partial charge in [0.05, 0.1) is 11.6 Å². The minimum absolute atomic E-state index is 0.189. The molecule has 0 bridgehead atoms. The molecule has 86 valence electrons. The summed E-state index contributed by atoms with van der Waals surface area (Å²) in [5.74, 6) is 1.22. The van der Waals surface area contributed by atoms with Crippen molar-refractivity contribution in [2.75, 3.05) is 0 Å². The first kappa shape index (κ1) is 10.6. The first-order chi connectivity index (χ1) is 8.33. The van der Waals surface area contributed by atoms with Crippen LogP contribution in [-0.4, -0.2) is 9.97 Å². The Morgan fingerprint density at radius 1 is 1.35 bits per heavy atom. The molecule has 0 aliphatic rings. The van der Waals surface area contributed by atoms with E-state index in [1.807, 2.05) is 23.6 Å². The molecule has 3 aromatic rings. The Bertz CT molecular complexity index is 636. The van der Waals surface area contributed by atoms with Crippen molar-refractivity contribution < 1.29 is 9.15 Å². The van der Waals surface area contributed by atoms with Gasteiger partial charge >= 0.3 is 0 Å². The van der Waals surface area contributed by atoms with Crippen molar-refractivity contribution in [2.45, 2.75) is 6.61 Å². The quantitative estimate of drug-likeness (QED) is 0.681. The van der Waals surface area contributed by atoms with E-state index in [0.717, 1.165) is 16.0 Å². The first-order valence-corrected chi connectivity index (χ1v) is 6.14. The van der Waals surface area contributed by atoms with Gasteiger partial charge in [0.2, 0.25) is 11.2 Å². The highest BCUT2D eigenvalue weighted by molar-refractivity contribution is 7.16. The Labute approximate surface area is 106 Å². The maximum atomic E-state index is 5.82. The Kier molecular flexibility index (Phi) is 2.70. The highest BCUT2D eigenvalue weighted by Crippen LogP contribution is 2.28. The van der Waals surface area contributed by atoms with Crippen molar-refractivity contribution in [1.82, 2.24) is 9.97 Å². The lowest BCUT2D eigenvalue weighted by Gasteiger charge is -2.04. The number of fused-ring (bicyclic) bond motifs is 1. The SMILES string of the molecule is Clc1nc(OCc2ccco2)c2ccsc2n1. The lowest BCUT2D eigenvalue weighted by atomic mass is 10.4. The smallest absolute Gasteiger partial charge is 0.227 e. The summed E-state index contributed by atoms with van der Waals surface area (Å²) in [5.41, 5.74) is 0. The van der Waals surface area contributed by atoms with Crippen LogP contribution in [0.15, 0.2) is 34.3 Å². The molecule has 0 atom stereocenters. The number of hydrogen-bond acceptors (Lipinski definition) is 5. The van der Waals surface area contributed by atoms with E-state index in [9.17, 15) is 0 Å². The van der Waals surface area contributed by atoms with Gasteiger partial charge in [-0.25, -0.2) is 4.98 Å². The molecule has 3 heterocycles. The van der Waals surface area contributed by atoms with Gasteiger partial charge in [0.15, 0.2) is 0 Å². The van der Waals surface area contributed by atoms with E-state index < -0.39 is 0 Å². The number of halogens is 1. The number of rotatable bonds is 3. The number of nitrogens with zero attached hydrogens (tertiary/aromatic N) is 2. The molecule has 6 heteroatoms. The molecule has 0 aliphatic carbocycles. The average Bonchev–Trinajstić information content (AvgIpc) is 2.95. The summed E-state index contributed by atoms with van der Waals surface area (Å²) in [6.45, 7) is 0.325. The standard InChI is InChI=1S/C11H7ClN2O2S/c12-11-13-9(8-3-5-17-10(8)14-11)16-6-7-2-1-4-15-7/h1-5H,6H2. The molecule has 0 radical (unpaired) electrons. The predicted octanol–water partition coefficient (Wildman–Crippen LogP) is 3.52. The molecule has 0 amide bonds. The molecule has 0 saturated carbocycles. The summed E-state index contributed by atoms with van der Waals surface area (Å²) in [6, 6.07) is 5.56. The van der Waals surface area contributed by atoms with E-state index in [2.05, 4.69) is 9.97 Å². The number of furan rings is 1. The van der Waals surface area contributed by atoms with Crippen molar-refractivity contribution in [1.29, 1.82) is 0 Å². The Balaban J connectivity index is 1.91. The average molecular weight is 267 g/mol. The molecule has 17 heavy (non-hydrogen) atoms. The maximum absolute atomic E-state index is 5.82. The molecule has 0 spiro atoms. The van der Waals surface area contributed by atoms with Crippen LogP contribution in [0.25, 0.3) is 10.2 Å². The molecular formula is C11H7ClN2O2S. The monoisotopic (exact) mass is 266 g/mol. The highest BCUT2D eigenvalue weighted by Gasteiger charge is 2.09. The van der Waals surface area contributed by atoms with Crippen molar-refractivity contribution in [3.8, 4) is 5.88 Å². The summed E-state index contributed by atoms with van der Waals surface area (Å²) >= 11 is 7.32. The van der Waals surface area contributed by atoms with Crippen LogP contribution < -0.4 is 4.74 Å². The second-order valence-corrected chi connectivity index (χ2v) is 4.54. The van der Waals surface area contributed by atoms with Crippen LogP contribution in [0.1, 0.15) is 5.76 Å². The summed E-state index contributed by atoms with van der Waals surface area (Å²) in [4.78, 5) is 9.00. The third-order valence-corrected chi connectivity index (χ3v) is 3.17. The van der Waals surface area contributed by atoms with Crippen LogP contribution in [0.2, 0.25) is 5.28 Å². The zero-order valence-corrected chi connectivity index (χ0v) is 10.2. The third kappa shape index (κ3) is 2.11. The van der Waals surface area contributed by atoms with Crippen molar-refractivity contribution >= 4 is 33.2 Å². The van der Waals surface area contributed by atoms with Crippen molar-refractivity contribution in [3.63, 3.8) is 0 Å². The van der Waals surface area contributed by atoms with Gasteiger partial charge < -0.3 is 9.15 Å². The lowest BCUT2D eigenvalue weighted by Crippen LogP contribution is -1.97. The van der Waals surface area contributed by atoms with Crippen molar-refractivity contribution in [2.24, 2.45) is 0 Å². The molecule has 0 fully saturated rings. The Morgan fingerprint density at radius 3 is 3.12 bits per heavy atom. The number of thiophene rings is 1. The minimum Gasteiger partial charge on any atom is -0.469 e. The molecule has 0 saturated heterocycles. The Morgan fingerprint density at radius 2 is 2.29 bits per heavy atom. The topological polar surface area (TPSA) is 48.2 Å². The van der Waals surface area contributed by atoms with Gasteiger partial charge in [-0.05, 0) is 35.2 Å². The molecule has 0 aromatic carbocycles. The van der Waals surface area contributed by atoms with Crippen LogP contribution >= 0.6 is 22.9 Å². The molecule has 0 N–H and O–H groups in total. The van der Waals surface area contributed by atoms with E-state index in [-0.39, 0.29) is 5.28 Å². The number of aromatic nitrogens is 2. The number of hydrogen-bond donors (Lipinski definition) is 0. The van der Waals surface area contributed by atoms with Gasteiger partial charge in [0.25, 0.3) is 0 Å². The zero-order valence-electron chi connectivity index (χ0n) is 8.59. The van der Waals surface area contributed by atoms with Gasteiger partial charge in [-0.1, -0.05) is 0 Å². The van der Waals surface area contributed by atoms with Crippen molar-refractivity contribution in [3.05, 3.63) is 40.9 Å². The fourth-order valence-corrected chi connectivity index (χ4v) is 2.41. The summed E-state index contributed by atoms with van der Waals surface area (Å²) in [7, 11) is 0.